The maximum Gasteiger partial charge on any atom is 0.188 e. The molecule has 0 bridgehead atoms. The van der Waals surface area contributed by atoms with E-state index in [0.29, 0.717) is 12.5 Å². The fraction of sp³-hybridized carbons (Fsp3) is 0.400. The lowest BCUT2D eigenvalue weighted by atomic mass is 9.74. The Morgan fingerprint density at radius 1 is 1.12 bits per heavy atom. The molecule has 0 radical (unpaired) electrons. The minimum Gasteiger partial charge on any atom is -0.381 e. The molecule has 140 valence electrons. The van der Waals surface area contributed by atoms with Crippen LogP contribution in [-0.4, -0.2) is 37.2 Å². The lowest BCUT2D eigenvalue weighted by Gasteiger charge is -2.36. The Labute approximate surface area is 172 Å². The SMILES string of the molecule is I.NC(=NCC1(c2ccccc2)CCOCC1)NCCc1ccccn1. The number of benzene rings is 1. The first-order valence-electron chi connectivity index (χ1n) is 8.85. The second-order valence-corrected chi connectivity index (χ2v) is 6.46. The maximum atomic E-state index is 6.08. The molecule has 3 N–H and O–H groups in total. The highest BCUT2D eigenvalue weighted by Crippen LogP contribution is 2.35. The third-order valence-corrected chi connectivity index (χ3v) is 4.80. The number of aliphatic imine (C=N–C) groups is 1. The number of ether oxygens (including phenoxy) is 1. The summed E-state index contributed by atoms with van der Waals surface area (Å²) in [4.78, 5) is 8.95. The highest BCUT2D eigenvalue weighted by atomic mass is 127. The van der Waals surface area contributed by atoms with E-state index in [-0.39, 0.29) is 29.4 Å². The zero-order chi connectivity index (χ0) is 17.4. The molecule has 2 heterocycles. The van der Waals surface area contributed by atoms with Crippen LogP contribution < -0.4 is 11.1 Å². The van der Waals surface area contributed by atoms with Crippen molar-refractivity contribution in [2.24, 2.45) is 10.7 Å². The molecule has 0 aliphatic carbocycles. The van der Waals surface area contributed by atoms with E-state index in [1.165, 1.54) is 5.56 Å². The van der Waals surface area contributed by atoms with Gasteiger partial charge in [0.15, 0.2) is 5.96 Å². The van der Waals surface area contributed by atoms with Gasteiger partial charge in [-0.15, -0.1) is 24.0 Å². The number of hydrogen-bond acceptors (Lipinski definition) is 3. The Balaban J connectivity index is 0.00000243. The molecular weight excluding hydrogens is 439 g/mol. The highest BCUT2D eigenvalue weighted by Gasteiger charge is 2.34. The number of nitrogens with two attached hydrogens (primary N) is 1. The standard InChI is InChI=1S/C20H26N4O.HI/c21-19(23-13-9-18-8-4-5-12-22-18)24-16-20(10-14-25-15-11-20)17-6-2-1-3-7-17;/h1-8,12H,9-11,13-16H2,(H3,21,23,24);1H. The lowest BCUT2D eigenvalue weighted by Crippen LogP contribution is -2.39. The molecule has 1 aromatic heterocycles. The maximum absolute atomic E-state index is 6.08. The van der Waals surface area contributed by atoms with Crippen molar-refractivity contribution in [1.29, 1.82) is 0 Å². The number of rotatable bonds is 6. The smallest absolute Gasteiger partial charge is 0.188 e. The van der Waals surface area contributed by atoms with Crippen molar-refractivity contribution >= 4 is 29.9 Å². The topological polar surface area (TPSA) is 72.5 Å². The van der Waals surface area contributed by atoms with Crippen molar-refractivity contribution in [3.63, 3.8) is 0 Å². The van der Waals surface area contributed by atoms with Gasteiger partial charge < -0.3 is 15.8 Å². The van der Waals surface area contributed by atoms with E-state index in [2.05, 4.69) is 39.6 Å². The van der Waals surface area contributed by atoms with Crippen molar-refractivity contribution in [3.8, 4) is 0 Å². The summed E-state index contributed by atoms with van der Waals surface area (Å²) in [6, 6.07) is 16.5. The predicted octanol–water partition coefficient (Wildman–Crippen LogP) is 2.89. The molecule has 1 fully saturated rings. The van der Waals surface area contributed by atoms with Crippen LogP contribution in [0.15, 0.2) is 59.7 Å². The minimum atomic E-state index is 0. The molecule has 6 heteroatoms. The van der Waals surface area contributed by atoms with Crippen molar-refractivity contribution < 1.29 is 4.74 Å². The summed E-state index contributed by atoms with van der Waals surface area (Å²) in [5.41, 5.74) is 8.47. The summed E-state index contributed by atoms with van der Waals surface area (Å²) in [6.45, 7) is 2.96. The summed E-state index contributed by atoms with van der Waals surface area (Å²) < 4.78 is 5.56. The van der Waals surface area contributed by atoms with Crippen LogP contribution >= 0.6 is 24.0 Å². The fourth-order valence-corrected chi connectivity index (χ4v) is 3.25. The number of hydrogen-bond donors (Lipinski definition) is 2. The second-order valence-electron chi connectivity index (χ2n) is 6.46. The Hall–Kier alpha value is -1.67. The Morgan fingerprint density at radius 3 is 2.54 bits per heavy atom. The van der Waals surface area contributed by atoms with Crippen LogP contribution in [0.3, 0.4) is 0 Å². The molecule has 0 unspecified atom stereocenters. The van der Waals surface area contributed by atoms with Crippen LogP contribution in [0.25, 0.3) is 0 Å². The van der Waals surface area contributed by atoms with Gasteiger partial charge in [0.2, 0.25) is 0 Å². The summed E-state index contributed by atoms with van der Waals surface area (Å²) in [6.07, 6.45) is 4.58. The van der Waals surface area contributed by atoms with E-state index in [1.807, 2.05) is 30.5 Å². The summed E-state index contributed by atoms with van der Waals surface area (Å²) >= 11 is 0. The number of aromatic nitrogens is 1. The number of guanidine groups is 1. The van der Waals surface area contributed by atoms with E-state index < -0.39 is 0 Å². The van der Waals surface area contributed by atoms with E-state index in [4.69, 9.17) is 10.5 Å². The van der Waals surface area contributed by atoms with Crippen LogP contribution in [0.4, 0.5) is 0 Å². The van der Waals surface area contributed by atoms with Gasteiger partial charge in [0.05, 0.1) is 6.54 Å². The van der Waals surface area contributed by atoms with Gasteiger partial charge in [0.1, 0.15) is 0 Å². The molecule has 0 spiro atoms. The lowest BCUT2D eigenvalue weighted by molar-refractivity contribution is 0.0531. The molecule has 1 aliphatic heterocycles. The van der Waals surface area contributed by atoms with Gasteiger partial charge in [0, 0.05) is 43.5 Å². The number of halogens is 1. The van der Waals surface area contributed by atoms with Crippen molar-refractivity contribution in [2.45, 2.75) is 24.7 Å². The van der Waals surface area contributed by atoms with Crippen LogP contribution in [0.1, 0.15) is 24.1 Å². The Bertz CT molecular complexity index is 673. The summed E-state index contributed by atoms with van der Waals surface area (Å²) in [5.74, 6) is 0.498. The second kappa shape index (κ2) is 10.5. The van der Waals surface area contributed by atoms with Gasteiger partial charge in [-0.25, -0.2) is 0 Å². The first-order valence-corrected chi connectivity index (χ1v) is 8.85. The molecule has 0 atom stereocenters. The summed E-state index contributed by atoms with van der Waals surface area (Å²) in [7, 11) is 0. The number of nitrogens with one attached hydrogen (secondary N) is 1. The molecule has 26 heavy (non-hydrogen) atoms. The molecule has 1 aromatic carbocycles. The molecular formula is C20H27IN4O. The van der Waals surface area contributed by atoms with Gasteiger partial charge in [-0.05, 0) is 30.5 Å². The predicted molar refractivity (Wildman–Crippen MR) is 116 cm³/mol. The van der Waals surface area contributed by atoms with E-state index in [1.54, 1.807) is 0 Å². The van der Waals surface area contributed by atoms with Gasteiger partial charge in [-0.3, -0.25) is 9.98 Å². The third kappa shape index (κ3) is 5.67. The largest absolute Gasteiger partial charge is 0.381 e. The fourth-order valence-electron chi connectivity index (χ4n) is 3.25. The van der Waals surface area contributed by atoms with Crippen LogP contribution in [0, 0.1) is 0 Å². The molecule has 5 nitrogen and oxygen atoms in total. The summed E-state index contributed by atoms with van der Waals surface area (Å²) in [5, 5.41) is 3.20. The van der Waals surface area contributed by atoms with E-state index in [9.17, 15) is 0 Å². The number of nitrogens with zero attached hydrogens (tertiary/aromatic N) is 2. The average molecular weight is 466 g/mol. The average Bonchev–Trinajstić information content (AvgIpc) is 2.69. The monoisotopic (exact) mass is 466 g/mol. The van der Waals surface area contributed by atoms with Gasteiger partial charge in [0.25, 0.3) is 0 Å². The first-order chi connectivity index (χ1) is 12.3. The van der Waals surface area contributed by atoms with E-state index in [0.717, 1.165) is 44.7 Å². The normalized spacial score (nSPS) is 16.5. The Morgan fingerprint density at radius 2 is 1.85 bits per heavy atom. The minimum absolute atomic E-state index is 0. The van der Waals surface area contributed by atoms with Crippen LogP contribution in [0.2, 0.25) is 0 Å². The van der Waals surface area contributed by atoms with Gasteiger partial charge in [-0.2, -0.15) is 0 Å². The van der Waals surface area contributed by atoms with Crippen LogP contribution in [-0.2, 0) is 16.6 Å². The van der Waals surface area contributed by atoms with Gasteiger partial charge in [-0.1, -0.05) is 36.4 Å². The van der Waals surface area contributed by atoms with Crippen molar-refractivity contribution in [3.05, 3.63) is 66.0 Å². The molecule has 0 saturated carbocycles. The van der Waals surface area contributed by atoms with Crippen LogP contribution in [0.5, 0.6) is 0 Å². The zero-order valence-electron chi connectivity index (χ0n) is 14.9. The molecule has 2 aromatic rings. The number of pyridine rings is 1. The van der Waals surface area contributed by atoms with Crippen molar-refractivity contribution in [1.82, 2.24) is 10.3 Å². The molecule has 1 aliphatic rings. The van der Waals surface area contributed by atoms with Crippen molar-refractivity contribution in [2.75, 3.05) is 26.3 Å². The third-order valence-electron chi connectivity index (χ3n) is 4.80. The quantitative estimate of drug-likeness (QED) is 0.390. The van der Waals surface area contributed by atoms with E-state index >= 15 is 0 Å². The highest BCUT2D eigenvalue weighted by molar-refractivity contribution is 14.0. The first kappa shape index (κ1) is 20.6. The molecule has 1 saturated heterocycles. The molecule has 3 rings (SSSR count). The molecule has 0 amide bonds. The van der Waals surface area contributed by atoms with Gasteiger partial charge >= 0.3 is 0 Å². The zero-order valence-corrected chi connectivity index (χ0v) is 17.3. The Kier molecular flexibility index (Phi) is 8.31.